The second-order valence-electron chi connectivity index (χ2n) is 7.92. The molecule has 0 heterocycles. The summed E-state index contributed by atoms with van der Waals surface area (Å²) in [6.07, 6.45) is 4.81. The van der Waals surface area contributed by atoms with Gasteiger partial charge in [-0.1, -0.05) is 73.7 Å². The van der Waals surface area contributed by atoms with E-state index in [1.165, 1.54) is 24.0 Å². The van der Waals surface area contributed by atoms with Gasteiger partial charge in [0.05, 0.1) is 6.04 Å². The molecule has 0 saturated carbocycles. The number of aryl methyl sites for hydroxylation is 2. The van der Waals surface area contributed by atoms with Gasteiger partial charge in [-0.3, -0.25) is 4.79 Å². The van der Waals surface area contributed by atoms with Crippen molar-refractivity contribution in [1.29, 1.82) is 0 Å². The first kappa shape index (κ1) is 20.2. The smallest absolute Gasteiger partial charge is 0.261 e. The van der Waals surface area contributed by atoms with Gasteiger partial charge < -0.3 is 10.1 Å². The highest BCUT2D eigenvalue weighted by molar-refractivity contribution is 5.82. The third-order valence-corrected chi connectivity index (χ3v) is 5.81. The molecule has 0 spiro atoms. The number of rotatable bonds is 7. The summed E-state index contributed by atoms with van der Waals surface area (Å²) >= 11 is 0. The Kier molecular flexibility index (Phi) is 6.48. The van der Waals surface area contributed by atoms with E-state index in [1.807, 2.05) is 73.7 Å². The Bertz CT molecular complexity index is 929. The molecule has 0 unspecified atom stereocenters. The van der Waals surface area contributed by atoms with E-state index in [9.17, 15) is 4.79 Å². The second kappa shape index (κ2) is 9.62. The van der Waals surface area contributed by atoms with E-state index in [2.05, 4.69) is 17.4 Å². The summed E-state index contributed by atoms with van der Waals surface area (Å²) in [6, 6.07) is 26.2. The van der Waals surface area contributed by atoms with E-state index in [1.54, 1.807) is 0 Å². The van der Waals surface area contributed by atoms with Crippen LogP contribution in [-0.4, -0.2) is 12.0 Å². The van der Waals surface area contributed by atoms with Crippen LogP contribution in [-0.2, 0) is 17.6 Å². The molecule has 154 valence electrons. The standard InChI is InChI=1S/C27H29NO2/c1-2-25(30-24-18-17-20-11-9-10-16-23(20)19-24)27(29)28-26(21-12-5-3-6-13-21)22-14-7-4-8-15-22/h3-8,12-15,17-19,25-26H,2,9-11,16H2,1H3,(H,28,29)/t25-/m0/s1. The van der Waals surface area contributed by atoms with Crippen LogP contribution in [0.5, 0.6) is 5.75 Å². The van der Waals surface area contributed by atoms with Gasteiger partial charge in [0.25, 0.3) is 5.91 Å². The Morgan fingerprint density at radius 1 is 0.867 bits per heavy atom. The lowest BCUT2D eigenvalue weighted by Crippen LogP contribution is -2.40. The summed E-state index contributed by atoms with van der Waals surface area (Å²) in [4.78, 5) is 13.2. The van der Waals surface area contributed by atoms with Gasteiger partial charge in [-0.15, -0.1) is 0 Å². The Hall–Kier alpha value is -3.07. The van der Waals surface area contributed by atoms with Crippen LogP contribution >= 0.6 is 0 Å². The molecule has 1 aliphatic carbocycles. The fourth-order valence-corrected chi connectivity index (χ4v) is 4.15. The first-order chi connectivity index (χ1) is 14.7. The number of benzene rings is 3. The number of hydrogen-bond donors (Lipinski definition) is 1. The average molecular weight is 400 g/mol. The second-order valence-corrected chi connectivity index (χ2v) is 7.92. The van der Waals surface area contributed by atoms with Crippen LogP contribution in [0.15, 0.2) is 78.9 Å². The molecule has 3 aromatic rings. The molecule has 0 aliphatic heterocycles. The van der Waals surface area contributed by atoms with Gasteiger partial charge in [0.1, 0.15) is 5.75 Å². The Balaban J connectivity index is 1.52. The molecule has 0 bridgehead atoms. The molecule has 3 nitrogen and oxygen atoms in total. The minimum absolute atomic E-state index is 0.0899. The van der Waals surface area contributed by atoms with Crippen molar-refractivity contribution in [2.75, 3.05) is 0 Å². The summed E-state index contributed by atoms with van der Waals surface area (Å²) in [7, 11) is 0. The van der Waals surface area contributed by atoms with Gasteiger partial charge in [0.15, 0.2) is 6.10 Å². The summed E-state index contributed by atoms with van der Waals surface area (Å²) in [5, 5.41) is 3.22. The zero-order valence-electron chi connectivity index (χ0n) is 17.5. The monoisotopic (exact) mass is 399 g/mol. The Morgan fingerprint density at radius 3 is 2.07 bits per heavy atom. The number of carbonyl (C=O) groups is 1. The van der Waals surface area contributed by atoms with E-state index in [-0.39, 0.29) is 11.9 Å². The van der Waals surface area contributed by atoms with Gasteiger partial charge in [0, 0.05) is 0 Å². The van der Waals surface area contributed by atoms with Crippen LogP contribution in [0, 0.1) is 0 Å². The molecule has 0 fully saturated rings. The molecule has 0 saturated heterocycles. The minimum atomic E-state index is -0.526. The van der Waals surface area contributed by atoms with Crippen molar-refractivity contribution in [3.8, 4) is 5.75 Å². The van der Waals surface area contributed by atoms with Crippen molar-refractivity contribution in [2.24, 2.45) is 0 Å². The highest BCUT2D eigenvalue weighted by Crippen LogP contribution is 2.27. The predicted octanol–water partition coefficient (Wildman–Crippen LogP) is 5.63. The minimum Gasteiger partial charge on any atom is -0.481 e. The lowest BCUT2D eigenvalue weighted by Gasteiger charge is -2.24. The fraction of sp³-hybridized carbons (Fsp3) is 0.296. The van der Waals surface area contributed by atoms with Gasteiger partial charge in [-0.25, -0.2) is 0 Å². The molecule has 1 N–H and O–H groups in total. The number of nitrogens with one attached hydrogen (secondary N) is 1. The highest BCUT2D eigenvalue weighted by Gasteiger charge is 2.24. The van der Waals surface area contributed by atoms with Gasteiger partial charge in [-0.2, -0.15) is 0 Å². The van der Waals surface area contributed by atoms with Gasteiger partial charge in [0.2, 0.25) is 0 Å². The van der Waals surface area contributed by atoms with E-state index in [0.29, 0.717) is 6.42 Å². The van der Waals surface area contributed by atoms with Crippen molar-refractivity contribution in [3.05, 3.63) is 101 Å². The number of ether oxygens (including phenoxy) is 1. The quantitative estimate of drug-likeness (QED) is 0.559. The van der Waals surface area contributed by atoms with Crippen LogP contribution in [0.1, 0.15) is 54.5 Å². The fourth-order valence-electron chi connectivity index (χ4n) is 4.15. The highest BCUT2D eigenvalue weighted by atomic mass is 16.5. The number of amides is 1. The van der Waals surface area contributed by atoms with Crippen molar-refractivity contribution in [2.45, 2.75) is 51.2 Å². The van der Waals surface area contributed by atoms with Crippen molar-refractivity contribution in [1.82, 2.24) is 5.32 Å². The van der Waals surface area contributed by atoms with Crippen LogP contribution in [0.25, 0.3) is 0 Å². The number of hydrogen-bond acceptors (Lipinski definition) is 2. The van der Waals surface area contributed by atoms with Crippen LogP contribution in [0.2, 0.25) is 0 Å². The topological polar surface area (TPSA) is 38.3 Å². The third-order valence-electron chi connectivity index (χ3n) is 5.81. The third kappa shape index (κ3) is 4.73. The van der Waals surface area contributed by atoms with E-state index < -0.39 is 6.10 Å². The van der Waals surface area contributed by atoms with E-state index in [0.717, 1.165) is 29.7 Å². The summed E-state index contributed by atoms with van der Waals surface area (Å²) < 4.78 is 6.15. The van der Waals surface area contributed by atoms with Crippen molar-refractivity contribution in [3.63, 3.8) is 0 Å². The van der Waals surface area contributed by atoms with Crippen molar-refractivity contribution < 1.29 is 9.53 Å². The first-order valence-electron chi connectivity index (χ1n) is 10.9. The van der Waals surface area contributed by atoms with Crippen LogP contribution in [0.3, 0.4) is 0 Å². The maximum atomic E-state index is 13.2. The van der Waals surface area contributed by atoms with Crippen molar-refractivity contribution >= 4 is 5.91 Å². The molecule has 1 aliphatic rings. The van der Waals surface area contributed by atoms with Crippen LogP contribution < -0.4 is 10.1 Å². The molecule has 4 rings (SSSR count). The van der Waals surface area contributed by atoms with E-state index in [4.69, 9.17) is 4.74 Å². The molecular formula is C27H29NO2. The van der Waals surface area contributed by atoms with E-state index >= 15 is 0 Å². The zero-order valence-corrected chi connectivity index (χ0v) is 17.5. The maximum Gasteiger partial charge on any atom is 0.261 e. The Morgan fingerprint density at radius 2 is 1.47 bits per heavy atom. The molecule has 1 amide bonds. The number of carbonyl (C=O) groups excluding carboxylic acids is 1. The van der Waals surface area contributed by atoms with Gasteiger partial charge >= 0.3 is 0 Å². The summed E-state index contributed by atoms with van der Waals surface area (Å²) in [5.41, 5.74) is 4.89. The molecule has 0 radical (unpaired) electrons. The normalized spacial score (nSPS) is 14.1. The van der Waals surface area contributed by atoms with Gasteiger partial charge in [-0.05, 0) is 66.5 Å². The number of fused-ring (bicyclic) bond motifs is 1. The molecular weight excluding hydrogens is 370 g/mol. The summed E-state index contributed by atoms with van der Waals surface area (Å²) in [5.74, 6) is 0.696. The summed E-state index contributed by atoms with van der Waals surface area (Å²) in [6.45, 7) is 1.99. The lowest BCUT2D eigenvalue weighted by molar-refractivity contribution is -0.128. The molecule has 3 heteroatoms. The first-order valence-corrected chi connectivity index (χ1v) is 10.9. The molecule has 3 aromatic carbocycles. The molecule has 1 atom stereocenters. The average Bonchev–Trinajstić information content (AvgIpc) is 2.82. The lowest BCUT2D eigenvalue weighted by atomic mass is 9.92. The SMILES string of the molecule is CC[C@H](Oc1ccc2c(c1)CCCC2)C(=O)NC(c1ccccc1)c1ccccc1. The predicted molar refractivity (Wildman–Crippen MR) is 121 cm³/mol. The molecule has 0 aromatic heterocycles. The van der Waals surface area contributed by atoms with Crippen LogP contribution in [0.4, 0.5) is 0 Å². The Labute approximate surface area is 179 Å². The zero-order chi connectivity index (χ0) is 20.8. The largest absolute Gasteiger partial charge is 0.481 e. The maximum absolute atomic E-state index is 13.2. The molecule has 30 heavy (non-hydrogen) atoms.